The van der Waals surface area contributed by atoms with Crippen LogP contribution in [0.5, 0.6) is 0 Å². The van der Waals surface area contributed by atoms with E-state index < -0.39 is 0 Å². The Morgan fingerprint density at radius 3 is 2.33 bits per heavy atom. The molecule has 36 heavy (non-hydrogen) atoms. The van der Waals surface area contributed by atoms with Crippen molar-refractivity contribution in [2.24, 2.45) is 0 Å². The summed E-state index contributed by atoms with van der Waals surface area (Å²) in [6, 6.07) is 23.2. The van der Waals surface area contributed by atoms with E-state index in [1.807, 2.05) is 26.2 Å². The average molecular weight is 474 g/mol. The molecule has 1 aliphatic rings. The maximum Gasteiger partial charge on any atom is 0.229 e. The molecular weight excluding hydrogens is 446 g/mol. The fraction of sp³-hybridized carbons (Fsp3) is 0.172. The number of hydrogen-bond donors (Lipinski definition) is 1. The van der Waals surface area contributed by atoms with Crippen molar-refractivity contribution in [1.82, 2.24) is 25.0 Å². The van der Waals surface area contributed by atoms with Crippen LogP contribution in [-0.2, 0) is 12.8 Å². The van der Waals surface area contributed by atoms with Gasteiger partial charge in [0.1, 0.15) is 0 Å². The predicted molar refractivity (Wildman–Crippen MR) is 146 cm³/mol. The molecule has 0 fully saturated rings. The summed E-state index contributed by atoms with van der Waals surface area (Å²) in [5, 5.41) is 11.9. The molecule has 0 atom stereocenters. The van der Waals surface area contributed by atoms with E-state index in [2.05, 4.69) is 92.3 Å². The van der Waals surface area contributed by atoms with Gasteiger partial charge in [-0.3, -0.25) is 0 Å². The highest BCUT2D eigenvalue weighted by molar-refractivity contribution is 5.74. The molecule has 0 amide bonds. The number of rotatable bonds is 6. The molecule has 7 nitrogen and oxygen atoms in total. The fourth-order valence-electron chi connectivity index (χ4n) is 4.53. The number of aromatic nitrogens is 5. The molecule has 0 saturated carbocycles. The summed E-state index contributed by atoms with van der Waals surface area (Å²) in [6.45, 7) is 0. The number of nitrogens with zero attached hydrogens (tertiary/aromatic N) is 6. The highest BCUT2D eigenvalue weighted by Gasteiger charge is 2.15. The minimum atomic E-state index is 0.511. The largest absolute Gasteiger partial charge is 0.378 e. The van der Waals surface area contributed by atoms with E-state index in [0.717, 1.165) is 35.3 Å². The average Bonchev–Trinajstić information content (AvgIpc) is 3.55. The molecule has 178 valence electrons. The first-order valence-corrected chi connectivity index (χ1v) is 12.2. The molecule has 0 radical (unpaired) electrons. The van der Waals surface area contributed by atoms with E-state index >= 15 is 0 Å². The van der Waals surface area contributed by atoms with Gasteiger partial charge in [-0.1, -0.05) is 47.7 Å². The summed E-state index contributed by atoms with van der Waals surface area (Å²) in [6.07, 6.45) is 9.42. The van der Waals surface area contributed by atoms with Crippen LogP contribution in [0, 0.1) is 0 Å². The Kier molecular flexibility index (Phi) is 5.65. The third kappa shape index (κ3) is 4.43. The Hall–Kier alpha value is -4.52. The van der Waals surface area contributed by atoms with Crippen LogP contribution in [0.4, 0.5) is 17.3 Å². The number of hydrogen-bond acceptors (Lipinski definition) is 6. The van der Waals surface area contributed by atoms with Crippen LogP contribution in [0.25, 0.3) is 29.0 Å². The summed E-state index contributed by atoms with van der Waals surface area (Å²) in [7, 11) is 4.09. The number of fused-ring (bicyclic) bond motifs is 2. The van der Waals surface area contributed by atoms with Gasteiger partial charge < -0.3 is 10.2 Å². The van der Waals surface area contributed by atoms with Gasteiger partial charge in [0.25, 0.3) is 0 Å². The number of aryl methyl sites for hydroxylation is 2. The van der Waals surface area contributed by atoms with Crippen LogP contribution >= 0.6 is 0 Å². The van der Waals surface area contributed by atoms with Crippen LogP contribution in [0.2, 0.25) is 0 Å². The quantitative estimate of drug-likeness (QED) is 0.320. The minimum absolute atomic E-state index is 0.511. The first-order chi connectivity index (χ1) is 17.6. The molecule has 3 aromatic carbocycles. The smallest absolute Gasteiger partial charge is 0.229 e. The summed E-state index contributed by atoms with van der Waals surface area (Å²) in [5.41, 5.74) is 9.54. The third-order valence-electron chi connectivity index (χ3n) is 6.56. The Labute approximate surface area is 210 Å². The van der Waals surface area contributed by atoms with Crippen LogP contribution in [0.15, 0.2) is 72.9 Å². The highest BCUT2D eigenvalue weighted by atomic mass is 15.4. The van der Waals surface area contributed by atoms with Gasteiger partial charge in [-0.15, -0.1) is 5.10 Å². The first kappa shape index (κ1) is 22.0. The molecule has 5 aromatic rings. The normalized spacial score (nSPS) is 12.8. The zero-order valence-electron chi connectivity index (χ0n) is 20.4. The minimum Gasteiger partial charge on any atom is -0.378 e. The maximum atomic E-state index is 4.72. The van der Waals surface area contributed by atoms with Crippen molar-refractivity contribution < 1.29 is 0 Å². The molecule has 0 unspecified atom stereocenters. The fourth-order valence-corrected chi connectivity index (χ4v) is 4.53. The van der Waals surface area contributed by atoms with Crippen molar-refractivity contribution in [3.05, 3.63) is 95.2 Å². The van der Waals surface area contributed by atoms with Crippen molar-refractivity contribution in [2.75, 3.05) is 24.3 Å². The second kappa shape index (κ2) is 9.26. The highest BCUT2D eigenvalue weighted by Crippen LogP contribution is 2.26. The van der Waals surface area contributed by atoms with Crippen molar-refractivity contribution in [3.63, 3.8) is 0 Å². The van der Waals surface area contributed by atoms with Crippen molar-refractivity contribution >= 4 is 40.6 Å². The topological polar surface area (TPSA) is 71.8 Å². The third-order valence-corrected chi connectivity index (χ3v) is 6.56. The lowest BCUT2D eigenvalue weighted by molar-refractivity contribution is 0.816. The van der Waals surface area contributed by atoms with Crippen LogP contribution < -0.4 is 10.2 Å². The second-order valence-electron chi connectivity index (χ2n) is 9.28. The van der Waals surface area contributed by atoms with Gasteiger partial charge in [0.15, 0.2) is 11.2 Å². The maximum absolute atomic E-state index is 4.72. The Balaban J connectivity index is 1.18. The second-order valence-corrected chi connectivity index (χ2v) is 9.28. The molecule has 0 bridgehead atoms. The number of benzene rings is 3. The van der Waals surface area contributed by atoms with E-state index in [-0.39, 0.29) is 0 Å². The summed E-state index contributed by atoms with van der Waals surface area (Å²) in [5.74, 6) is 0.511. The summed E-state index contributed by atoms with van der Waals surface area (Å²) >= 11 is 0. The summed E-state index contributed by atoms with van der Waals surface area (Å²) < 4.78 is 1.79. The zero-order chi connectivity index (χ0) is 24.5. The SMILES string of the molecule is CN(C)c1ccc(C=Cc2ccc(Nc3ncc4nnn(-c5ccc6c(c5)CCC6)c4n3)cc2)cc1. The monoisotopic (exact) mass is 473 g/mol. The van der Waals surface area contributed by atoms with Gasteiger partial charge in [0.05, 0.1) is 11.9 Å². The van der Waals surface area contributed by atoms with Gasteiger partial charge in [0.2, 0.25) is 5.95 Å². The lowest BCUT2D eigenvalue weighted by Crippen LogP contribution is -2.07. The summed E-state index contributed by atoms with van der Waals surface area (Å²) in [4.78, 5) is 11.2. The lowest BCUT2D eigenvalue weighted by Gasteiger charge is -2.11. The van der Waals surface area contributed by atoms with E-state index in [9.17, 15) is 0 Å². The standard InChI is InChI=1S/C29H27N7/c1-35(2)25-15-10-21(11-16-25)7-6-20-8-13-24(14-9-20)31-29-30-19-27-28(32-29)36(34-33-27)26-17-12-22-4-3-5-23(22)18-26/h6-19H,3-5H2,1-2H3,(H,30,31,32). The van der Waals surface area contributed by atoms with Gasteiger partial charge >= 0.3 is 0 Å². The Bertz CT molecular complexity index is 1550. The van der Waals surface area contributed by atoms with Crippen molar-refractivity contribution in [1.29, 1.82) is 0 Å². The molecule has 2 aromatic heterocycles. The van der Waals surface area contributed by atoms with E-state index in [1.165, 1.54) is 23.2 Å². The molecule has 0 saturated heterocycles. The van der Waals surface area contributed by atoms with Crippen LogP contribution in [0.1, 0.15) is 28.7 Å². The van der Waals surface area contributed by atoms with Gasteiger partial charge in [0, 0.05) is 25.5 Å². The van der Waals surface area contributed by atoms with Gasteiger partial charge in [-0.2, -0.15) is 9.67 Å². The van der Waals surface area contributed by atoms with Gasteiger partial charge in [-0.05, 0) is 77.9 Å². The molecule has 6 rings (SSSR count). The predicted octanol–water partition coefficient (Wildman–Crippen LogP) is 5.68. The number of nitrogens with one attached hydrogen (secondary N) is 1. The zero-order valence-corrected chi connectivity index (χ0v) is 20.4. The molecule has 1 aliphatic carbocycles. The van der Waals surface area contributed by atoms with Crippen molar-refractivity contribution in [3.8, 4) is 5.69 Å². The lowest BCUT2D eigenvalue weighted by atomic mass is 10.1. The van der Waals surface area contributed by atoms with E-state index in [1.54, 1.807) is 10.9 Å². The molecular formula is C29H27N7. The molecule has 0 spiro atoms. The Morgan fingerprint density at radius 2 is 1.58 bits per heavy atom. The van der Waals surface area contributed by atoms with Gasteiger partial charge in [-0.25, -0.2) is 4.98 Å². The molecule has 7 heteroatoms. The molecule has 2 heterocycles. The Morgan fingerprint density at radius 1 is 0.861 bits per heavy atom. The van der Waals surface area contributed by atoms with Crippen LogP contribution in [0.3, 0.4) is 0 Å². The van der Waals surface area contributed by atoms with Crippen LogP contribution in [-0.4, -0.2) is 39.1 Å². The molecule has 1 N–H and O–H groups in total. The van der Waals surface area contributed by atoms with E-state index in [4.69, 9.17) is 4.98 Å². The van der Waals surface area contributed by atoms with Crippen molar-refractivity contribution in [2.45, 2.75) is 19.3 Å². The van der Waals surface area contributed by atoms with E-state index in [0.29, 0.717) is 17.1 Å². The molecule has 0 aliphatic heterocycles. The first-order valence-electron chi connectivity index (χ1n) is 12.2. The number of anilines is 3.